The van der Waals surface area contributed by atoms with Gasteiger partial charge in [0.2, 0.25) is 0 Å². The Labute approximate surface area is 159 Å². The average molecular weight is 376 g/mol. The highest BCUT2D eigenvalue weighted by molar-refractivity contribution is 5.89. The molecule has 8 heteroatoms. The van der Waals surface area contributed by atoms with Gasteiger partial charge >= 0.3 is 18.0 Å². The molecule has 0 aromatic heterocycles. The molecule has 2 unspecified atom stereocenters. The fourth-order valence-corrected chi connectivity index (χ4v) is 3.12. The molecular weight excluding hydrogens is 348 g/mol. The van der Waals surface area contributed by atoms with Gasteiger partial charge in [0.1, 0.15) is 0 Å². The number of amides is 4. The van der Waals surface area contributed by atoms with Gasteiger partial charge in [-0.25, -0.2) is 9.59 Å². The number of likely N-dealkylation sites (tertiary alicyclic amines) is 1. The van der Waals surface area contributed by atoms with Crippen LogP contribution in [0.25, 0.3) is 0 Å². The van der Waals surface area contributed by atoms with Crippen LogP contribution in [-0.4, -0.2) is 47.2 Å². The summed E-state index contributed by atoms with van der Waals surface area (Å²) in [6, 6.07) is 6.71. The molecule has 8 nitrogen and oxygen atoms in total. The van der Waals surface area contributed by atoms with E-state index in [1.807, 2.05) is 32.9 Å². The zero-order valence-corrected chi connectivity index (χ0v) is 16.0. The largest absolute Gasteiger partial charge is 0.481 e. The number of nitrogens with one attached hydrogen (secondary N) is 3. The van der Waals surface area contributed by atoms with Gasteiger partial charge in [0.15, 0.2) is 0 Å². The van der Waals surface area contributed by atoms with Crippen LogP contribution in [0, 0.1) is 11.8 Å². The minimum absolute atomic E-state index is 0.0534. The second kappa shape index (κ2) is 9.25. The van der Waals surface area contributed by atoms with Crippen LogP contribution in [0.4, 0.5) is 15.3 Å². The van der Waals surface area contributed by atoms with Gasteiger partial charge in [-0.1, -0.05) is 19.1 Å². The summed E-state index contributed by atoms with van der Waals surface area (Å²) in [5, 5.41) is 17.5. The van der Waals surface area contributed by atoms with Crippen molar-refractivity contribution in [2.75, 3.05) is 18.4 Å². The second-order valence-corrected chi connectivity index (χ2v) is 7.39. The lowest BCUT2D eigenvalue weighted by Gasteiger charge is -2.34. The highest BCUT2D eigenvalue weighted by Gasteiger charge is 2.31. The number of carbonyl (C=O) groups is 3. The maximum atomic E-state index is 12.4. The van der Waals surface area contributed by atoms with Crippen molar-refractivity contribution in [3.8, 4) is 0 Å². The van der Waals surface area contributed by atoms with E-state index in [2.05, 4.69) is 16.0 Å². The first-order chi connectivity index (χ1) is 12.7. The third-order valence-electron chi connectivity index (χ3n) is 4.37. The van der Waals surface area contributed by atoms with E-state index in [-0.39, 0.29) is 30.6 Å². The molecule has 4 N–H and O–H groups in total. The number of carboxylic acids is 1. The number of hydrogen-bond donors (Lipinski definition) is 4. The Morgan fingerprint density at radius 1 is 1.19 bits per heavy atom. The topological polar surface area (TPSA) is 111 Å². The zero-order valence-electron chi connectivity index (χ0n) is 16.0. The summed E-state index contributed by atoms with van der Waals surface area (Å²) in [5.74, 6) is -1.21. The van der Waals surface area contributed by atoms with Gasteiger partial charge in [0, 0.05) is 31.4 Å². The molecule has 1 aromatic rings. The highest BCUT2D eigenvalue weighted by atomic mass is 16.4. The fraction of sp³-hybridized carbons (Fsp3) is 0.526. The van der Waals surface area contributed by atoms with Crippen molar-refractivity contribution in [3.63, 3.8) is 0 Å². The van der Waals surface area contributed by atoms with Gasteiger partial charge in [0.25, 0.3) is 0 Å². The number of piperidine rings is 1. The summed E-state index contributed by atoms with van der Waals surface area (Å²) in [7, 11) is 0. The predicted molar refractivity (Wildman–Crippen MR) is 102 cm³/mol. The second-order valence-electron chi connectivity index (χ2n) is 7.39. The van der Waals surface area contributed by atoms with Crippen molar-refractivity contribution in [2.24, 2.45) is 11.8 Å². The van der Waals surface area contributed by atoms with E-state index in [9.17, 15) is 19.5 Å². The Balaban J connectivity index is 1.84. The van der Waals surface area contributed by atoms with Crippen molar-refractivity contribution in [1.82, 2.24) is 15.5 Å². The van der Waals surface area contributed by atoms with Crippen LogP contribution in [0.15, 0.2) is 24.3 Å². The van der Waals surface area contributed by atoms with Gasteiger partial charge in [-0.05, 0) is 43.9 Å². The molecule has 0 spiro atoms. The smallest absolute Gasteiger partial charge is 0.319 e. The molecule has 1 heterocycles. The van der Waals surface area contributed by atoms with E-state index < -0.39 is 11.9 Å². The van der Waals surface area contributed by atoms with Crippen LogP contribution < -0.4 is 16.0 Å². The van der Waals surface area contributed by atoms with Gasteiger partial charge < -0.3 is 26.0 Å². The number of aliphatic carboxylic acids is 1. The molecule has 27 heavy (non-hydrogen) atoms. The number of carbonyl (C=O) groups excluding carboxylic acids is 2. The van der Waals surface area contributed by atoms with Crippen LogP contribution in [0.2, 0.25) is 0 Å². The number of hydrogen-bond acceptors (Lipinski definition) is 3. The van der Waals surface area contributed by atoms with Gasteiger partial charge in [-0.3, -0.25) is 4.79 Å². The van der Waals surface area contributed by atoms with E-state index in [1.165, 1.54) is 0 Å². The summed E-state index contributed by atoms with van der Waals surface area (Å²) in [6.07, 6.45) is 0.595. The molecular formula is C19H28N4O4. The van der Waals surface area contributed by atoms with Crippen molar-refractivity contribution in [3.05, 3.63) is 29.8 Å². The molecule has 1 aromatic carbocycles. The molecule has 0 aliphatic carbocycles. The van der Waals surface area contributed by atoms with Crippen LogP contribution in [0.3, 0.4) is 0 Å². The van der Waals surface area contributed by atoms with Crippen LogP contribution in [0.5, 0.6) is 0 Å². The average Bonchev–Trinajstić information content (AvgIpc) is 2.59. The molecule has 1 saturated heterocycles. The number of nitrogens with zero attached hydrogens (tertiary/aromatic N) is 1. The predicted octanol–water partition coefficient (Wildman–Crippen LogP) is 2.47. The van der Waals surface area contributed by atoms with E-state index in [4.69, 9.17) is 0 Å². The summed E-state index contributed by atoms with van der Waals surface area (Å²) < 4.78 is 0. The molecule has 2 rings (SSSR count). The number of anilines is 1. The van der Waals surface area contributed by atoms with Gasteiger partial charge in [0.05, 0.1) is 5.92 Å². The van der Waals surface area contributed by atoms with Crippen molar-refractivity contribution >= 4 is 23.7 Å². The Kier molecular flexibility index (Phi) is 7.04. The Morgan fingerprint density at radius 3 is 2.44 bits per heavy atom. The van der Waals surface area contributed by atoms with E-state index >= 15 is 0 Å². The summed E-state index contributed by atoms with van der Waals surface area (Å²) in [6.45, 7) is 6.85. The summed E-state index contributed by atoms with van der Waals surface area (Å²) >= 11 is 0. The minimum Gasteiger partial charge on any atom is -0.481 e. The number of rotatable bonds is 5. The van der Waals surface area contributed by atoms with Crippen LogP contribution >= 0.6 is 0 Å². The summed E-state index contributed by atoms with van der Waals surface area (Å²) in [5.41, 5.74) is 1.55. The molecule has 4 amide bonds. The number of benzene rings is 1. The van der Waals surface area contributed by atoms with Gasteiger partial charge in [-0.2, -0.15) is 0 Å². The quantitative estimate of drug-likeness (QED) is 0.632. The molecule has 1 aliphatic heterocycles. The lowest BCUT2D eigenvalue weighted by Crippen LogP contribution is -2.49. The first-order valence-corrected chi connectivity index (χ1v) is 9.16. The molecule has 148 valence electrons. The van der Waals surface area contributed by atoms with Crippen LogP contribution in [-0.2, 0) is 11.3 Å². The summed E-state index contributed by atoms with van der Waals surface area (Å²) in [4.78, 5) is 36.8. The molecule has 0 radical (unpaired) electrons. The molecule has 1 fully saturated rings. The zero-order chi connectivity index (χ0) is 20.0. The normalized spacial score (nSPS) is 19.5. The standard InChI is InChI=1S/C19H28N4O4/c1-12(2)21-18(26)22-16-6-4-14(5-7-16)9-20-19(27)23-10-13(3)8-15(11-23)17(24)25/h4-7,12-13,15H,8-11H2,1-3H3,(H,20,27)(H,24,25)(H2,21,22,26). The van der Waals surface area contributed by atoms with Crippen LogP contribution in [0.1, 0.15) is 32.8 Å². The van der Waals surface area contributed by atoms with Crippen molar-refractivity contribution in [1.29, 1.82) is 0 Å². The number of urea groups is 2. The van der Waals surface area contributed by atoms with Crippen molar-refractivity contribution in [2.45, 2.75) is 39.8 Å². The third-order valence-corrected chi connectivity index (χ3v) is 4.37. The Morgan fingerprint density at radius 2 is 1.85 bits per heavy atom. The number of carboxylic acid groups (broad SMARTS) is 1. The molecule has 0 saturated carbocycles. The lowest BCUT2D eigenvalue weighted by molar-refractivity contribution is -0.143. The molecule has 1 aliphatic rings. The SMILES string of the molecule is CC1CC(C(=O)O)CN(C(=O)NCc2ccc(NC(=O)NC(C)C)cc2)C1. The molecule has 0 bridgehead atoms. The maximum absolute atomic E-state index is 12.4. The monoisotopic (exact) mass is 376 g/mol. The van der Waals surface area contributed by atoms with E-state index in [0.717, 1.165) is 5.56 Å². The lowest BCUT2D eigenvalue weighted by atomic mass is 9.91. The van der Waals surface area contributed by atoms with E-state index in [0.29, 0.717) is 25.2 Å². The highest BCUT2D eigenvalue weighted by Crippen LogP contribution is 2.21. The van der Waals surface area contributed by atoms with Crippen molar-refractivity contribution < 1.29 is 19.5 Å². The Bertz CT molecular complexity index is 675. The first-order valence-electron chi connectivity index (χ1n) is 9.16. The third kappa shape index (κ3) is 6.47. The maximum Gasteiger partial charge on any atom is 0.319 e. The first kappa shape index (κ1) is 20.5. The van der Waals surface area contributed by atoms with E-state index in [1.54, 1.807) is 17.0 Å². The van der Waals surface area contributed by atoms with Gasteiger partial charge in [-0.15, -0.1) is 0 Å². The fourth-order valence-electron chi connectivity index (χ4n) is 3.12. The Hall–Kier alpha value is -2.77. The minimum atomic E-state index is -0.857. The molecule has 2 atom stereocenters.